The first-order valence-electron chi connectivity index (χ1n) is 9.18. The van der Waals surface area contributed by atoms with Gasteiger partial charge in [0, 0.05) is 52.9 Å². The Morgan fingerprint density at radius 3 is 2.97 bits per heavy atom. The Morgan fingerprint density at radius 2 is 2.26 bits per heavy atom. The lowest BCUT2D eigenvalue weighted by Gasteiger charge is -2.17. The molecule has 2 N–H and O–H groups in total. The van der Waals surface area contributed by atoms with Crippen molar-refractivity contribution in [2.75, 3.05) is 13.1 Å². The van der Waals surface area contributed by atoms with E-state index in [9.17, 15) is 20.2 Å². The number of carbonyl (C=O) groups is 1. The number of nitriles is 1. The molecule has 9 nitrogen and oxygen atoms in total. The number of nitrogens with zero attached hydrogens (tertiary/aromatic N) is 4. The number of carbonyl (C=O) groups excluding carboxylic acids is 1. The number of ketones is 1. The van der Waals surface area contributed by atoms with Crippen LogP contribution in [0.3, 0.4) is 0 Å². The zero-order valence-corrected chi connectivity index (χ0v) is 17.5. The normalized spacial score (nSPS) is 15.6. The van der Waals surface area contributed by atoms with E-state index < -0.39 is 10.7 Å². The van der Waals surface area contributed by atoms with Crippen LogP contribution in [-0.2, 0) is 6.54 Å². The Labute approximate surface area is 185 Å². The third-order valence-electron chi connectivity index (χ3n) is 4.78. The van der Waals surface area contributed by atoms with Gasteiger partial charge in [-0.2, -0.15) is 5.26 Å². The number of benzene rings is 1. The van der Waals surface area contributed by atoms with Crippen molar-refractivity contribution in [3.8, 4) is 6.07 Å². The number of hydrogen-bond acceptors (Lipinski definition) is 8. The standard InChI is InChI=1S/C20H15ClN6O3S/c21-20-25-9-13(31-20)11-26-6-5-23-19(26)17(27(29)30)7-12(8-22)18(28)15-10-24-16-4-2-1-3-14(15)16/h1-4,7,9-10,23-24H,5-6,11H2/b12-7+,19-17-. The van der Waals surface area contributed by atoms with Gasteiger partial charge in [-0.15, -0.1) is 11.3 Å². The summed E-state index contributed by atoms with van der Waals surface area (Å²) >= 11 is 7.16. The number of H-pyrrole nitrogens is 1. The number of fused-ring (bicyclic) bond motifs is 1. The van der Waals surface area contributed by atoms with Gasteiger partial charge in [-0.25, -0.2) is 4.98 Å². The lowest BCUT2D eigenvalue weighted by molar-refractivity contribution is -0.421. The van der Waals surface area contributed by atoms with Crippen molar-refractivity contribution in [2.45, 2.75) is 6.54 Å². The third-order valence-corrected chi connectivity index (χ3v) is 5.88. The summed E-state index contributed by atoms with van der Waals surface area (Å²) in [5.41, 5.74) is 0.353. The maximum atomic E-state index is 13.0. The van der Waals surface area contributed by atoms with Crippen molar-refractivity contribution in [3.63, 3.8) is 0 Å². The highest BCUT2D eigenvalue weighted by atomic mass is 35.5. The number of Topliss-reactive ketones (excluding diaryl/α,β-unsaturated/α-hetero) is 1. The summed E-state index contributed by atoms with van der Waals surface area (Å²) in [6, 6.07) is 8.97. The topological polar surface area (TPSA) is 128 Å². The molecule has 0 unspecified atom stereocenters. The van der Waals surface area contributed by atoms with Gasteiger partial charge >= 0.3 is 5.70 Å². The Balaban J connectivity index is 1.71. The summed E-state index contributed by atoms with van der Waals surface area (Å²) in [7, 11) is 0. The van der Waals surface area contributed by atoms with Crippen LogP contribution in [0.5, 0.6) is 0 Å². The number of thiazole rings is 1. The first kappa shape index (κ1) is 20.6. The molecule has 0 spiro atoms. The summed E-state index contributed by atoms with van der Waals surface area (Å²) < 4.78 is 0.387. The number of aromatic nitrogens is 2. The summed E-state index contributed by atoms with van der Waals surface area (Å²) in [6.07, 6.45) is 4.15. The van der Waals surface area contributed by atoms with Crippen molar-refractivity contribution < 1.29 is 9.72 Å². The van der Waals surface area contributed by atoms with E-state index in [-0.39, 0.29) is 22.7 Å². The molecule has 11 heteroatoms. The molecule has 1 aliphatic rings. The monoisotopic (exact) mass is 454 g/mol. The summed E-state index contributed by atoms with van der Waals surface area (Å²) in [4.78, 5) is 33.8. The molecule has 3 aromatic rings. The molecule has 1 aliphatic heterocycles. The first-order chi connectivity index (χ1) is 15.0. The van der Waals surface area contributed by atoms with Crippen LogP contribution < -0.4 is 5.32 Å². The number of allylic oxidation sites excluding steroid dienone is 2. The van der Waals surface area contributed by atoms with Crippen LogP contribution >= 0.6 is 22.9 Å². The minimum absolute atomic E-state index is 0.244. The lowest BCUT2D eigenvalue weighted by atomic mass is 10.0. The number of hydrogen-bond donors (Lipinski definition) is 2. The number of aromatic amines is 1. The van der Waals surface area contributed by atoms with Crippen LogP contribution in [-0.4, -0.2) is 38.7 Å². The predicted molar refractivity (Wildman–Crippen MR) is 116 cm³/mol. The van der Waals surface area contributed by atoms with Gasteiger partial charge in [0.25, 0.3) is 0 Å². The smallest absolute Gasteiger partial charge is 0.310 e. The molecular formula is C20H15ClN6O3S. The second-order valence-electron chi connectivity index (χ2n) is 6.67. The molecule has 0 radical (unpaired) electrons. The van der Waals surface area contributed by atoms with Crippen LogP contribution in [0, 0.1) is 21.4 Å². The molecule has 4 rings (SSSR count). The van der Waals surface area contributed by atoms with Gasteiger partial charge < -0.3 is 15.2 Å². The molecule has 156 valence electrons. The van der Waals surface area contributed by atoms with Crippen molar-refractivity contribution in [1.82, 2.24) is 20.2 Å². The van der Waals surface area contributed by atoms with Gasteiger partial charge in [0.15, 0.2) is 10.3 Å². The fourth-order valence-corrected chi connectivity index (χ4v) is 4.38. The quantitative estimate of drug-likeness (QED) is 0.192. The second-order valence-corrected chi connectivity index (χ2v) is 8.36. The third kappa shape index (κ3) is 4.14. The highest BCUT2D eigenvalue weighted by Crippen LogP contribution is 2.25. The van der Waals surface area contributed by atoms with Crippen LogP contribution in [0.4, 0.5) is 0 Å². The van der Waals surface area contributed by atoms with Crippen LogP contribution in [0.15, 0.2) is 59.8 Å². The average molecular weight is 455 g/mol. The van der Waals surface area contributed by atoms with E-state index in [1.807, 2.05) is 12.1 Å². The van der Waals surface area contributed by atoms with Crippen molar-refractivity contribution in [1.29, 1.82) is 5.26 Å². The Morgan fingerprint density at radius 1 is 1.45 bits per heavy atom. The molecule has 1 fully saturated rings. The summed E-state index contributed by atoms with van der Waals surface area (Å²) in [5.74, 6) is -0.340. The zero-order valence-electron chi connectivity index (χ0n) is 16.0. The van der Waals surface area contributed by atoms with Gasteiger partial charge in [-0.3, -0.25) is 14.9 Å². The van der Waals surface area contributed by atoms with Crippen molar-refractivity contribution in [2.24, 2.45) is 0 Å². The number of rotatable bonds is 6. The van der Waals surface area contributed by atoms with E-state index >= 15 is 0 Å². The van der Waals surface area contributed by atoms with E-state index in [1.165, 1.54) is 17.5 Å². The van der Waals surface area contributed by atoms with Crippen molar-refractivity contribution >= 4 is 39.6 Å². The van der Waals surface area contributed by atoms with Crippen LogP contribution in [0.1, 0.15) is 15.2 Å². The fourth-order valence-electron chi connectivity index (χ4n) is 3.39. The largest absolute Gasteiger partial charge is 0.364 e. The molecule has 3 heterocycles. The Bertz CT molecular complexity index is 1290. The molecule has 0 bridgehead atoms. The van der Waals surface area contributed by atoms with E-state index in [0.29, 0.717) is 29.5 Å². The number of halogens is 1. The Kier molecular flexibility index (Phi) is 5.70. The highest BCUT2D eigenvalue weighted by Gasteiger charge is 2.29. The Hall–Kier alpha value is -3.68. The lowest BCUT2D eigenvalue weighted by Crippen LogP contribution is -2.23. The van der Waals surface area contributed by atoms with E-state index in [2.05, 4.69) is 15.3 Å². The molecule has 0 saturated carbocycles. The summed E-state index contributed by atoms with van der Waals surface area (Å²) in [5, 5.41) is 25.1. The van der Waals surface area contributed by atoms with Crippen LogP contribution in [0.25, 0.3) is 10.9 Å². The molecule has 1 saturated heterocycles. The SMILES string of the molecule is N#C/C(=C\C(=C1/NCCN1Cc1cnc(Cl)s1)[N+](=O)[O-])C(=O)c1c[nH]c2ccccc12. The second kappa shape index (κ2) is 8.59. The van der Waals surface area contributed by atoms with Gasteiger partial charge in [-0.1, -0.05) is 29.8 Å². The maximum absolute atomic E-state index is 13.0. The molecule has 0 aliphatic carbocycles. The van der Waals surface area contributed by atoms with E-state index in [0.717, 1.165) is 16.5 Å². The maximum Gasteiger partial charge on any atom is 0.310 e. The molecule has 31 heavy (non-hydrogen) atoms. The molecule has 2 aromatic heterocycles. The summed E-state index contributed by atoms with van der Waals surface area (Å²) in [6.45, 7) is 1.38. The van der Waals surface area contributed by atoms with E-state index in [4.69, 9.17) is 11.6 Å². The first-order valence-corrected chi connectivity index (χ1v) is 10.4. The van der Waals surface area contributed by atoms with Gasteiger partial charge in [0.1, 0.15) is 11.6 Å². The van der Waals surface area contributed by atoms with Gasteiger partial charge in [-0.05, 0) is 6.07 Å². The minimum atomic E-state index is -0.597. The minimum Gasteiger partial charge on any atom is -0.364 e. The van der Waals surface area contributed by atoms with Crippen molar-refractivity contribution in [3.05, 3.63) is 84.8 Å². The zero-order chi connectivity index (χ0) is 22.0. The van der Waals surface area contributed by atoms with E-state index in [1.54, 1.807) is 29.3 Å². The van der Waals surface area contributed by atoms with Gasteiger partial charge in [0.05, 0.1) is 11.5 Å². The average Bonchev–Trinajstić information content (AvgIpc) is 3.48. The molecule has 0 atom stereocenters. The predicted octanol–water partition coefficient (Wildman–Crippen LogP) is 3.46. The number of nitro groups is 1. The van der Waals surface area contributed by atoms with Crippen LogP contribution in [0.2, 0.25) is 4.47 Å². The number of nitrogens with one attached hydrogen (secondary N) is 2. The number of para-hydroxylation sites is 1. The molecular weight excluding hydrogens is 440 g/mol. The fraction of sp³-hybridized carbons (Fsp3) is 0.150. The van der Waals surface area contributed by atoms with Gasteiger partial charge in [0.2, 0.25) is 5.78 Å². The molecule has 0 amide bonds. The highest BCUT2D eigenvalue weighted by molar-refractivity contribution is 7.15. The molecule has 1 aromatic carbocycles.